The number of carbonyl (C=O) groups is 1. The minimum atomic E-state index is -0.123. The second kappa shape index (κ2) is 5.20. The van der Waals surface area contributed by atoms with E-state index in [9.17, 15) is 4.79 Å². The molecule has 0 saturated heterocycles. The van der Waals surface area contributed by atoms with E-state index in [-0.39, 0.29) is 5.91 Å². The predicted molar refractivity (Wildman–Crippen MR) is 78.4 cm³/mol. The first-order chi connectivity index (χ1) is 8.47. The molecule has 1 heterocycles. The summed E-state index contributed by atoms with van der Waals surface area (Å²) in [4.78, 5) is 17.6. The summed E-state index contributed by atoms with van der Waals surface area (Å²) in [6.07, 6.45) is 0. The van der Waals surface area contributed by atoms with Gasteiger partial charge in [0, 0.05) is 14.9 Å². The van der Waals surface area contributed by atoms with E-state index in [0.29, 0.717) is 10.7 Å². The Bertz CT molecular complexity index is 588. The Labute approximate surface area is 118 Å². The molecule has 0 aliphatic carbocycles. The Morgan fingerprint density at radius 3 is 2.67 bits per heavy atom. The van der Waals surface area contributed by atoms with Crippen molar-refractivity contribution in [2.75, 3.05) is 5.32 Å². The fourth-order valence-corrected chi connectivity index (χ4v) is 2.70. The van der Waals surface area contributed by atoms with Crippen LogP contribution in [0.2, 0.25) is 0 Å². The van der Waals surface area contributed by atoms with E-state index in [1.807, 2.05) is 39.0 Å². The third kappa shape index (κ3) is 2.79. The predicted octanol–water partition coefficient (Wildman–Crippen LogP) is 4.08. The van der Waals surface area contributed by atoms with Crippen molar-refractivity contribution in [3.05, 3.63) is 44.4 Å². The number of aryl methyl sites for hydroxylation is 3. The van der Waals surface area contributed by atoms with Crippen molar-refractivity contribution in [3.8, 4) is 0 Å². The SMILES string of the molecule is Cc1ccc(Br)cc1C(=O)Nc1nc(C)c(C)s1. The summed E-state index contributed by atoms with van der Waals surface area (Å²) in [5.41, 5.74) is 2.57. The van der Waals surface area contributed by atoms with Gasteiger partial charge in [-0.1, -0.05) is 22.0 Å². The molecule has 0 bridgehead atoms. The molecule has 2 aromatic rings. The van der Waals surface area contributed by atoms with Crippen LogP contribution in [0.25, 0.3) is 0 Å². The van der Waals surface area contributed by atoms with Crippen LogP contribution in [0.3, 0.4) is 0 Å². The second-order valence-electron chi connectivity index (χ2n) is 4.07. The fourth-order valence-electron chi connectivity index (χ4n) is 1.53. The van der Waals surface area contributed by atoms with Crippen molar-refractivity contribution in [3.63, 3.8) is 0 Å². The molecule has 5 heteroatoms. The van der Waals surface area contributed by atoms with E-state index in [0.717, 1.165) is 20.6 Å². The van der Waals surface area contributed by atoms with E-state index in [2.05, 4.69) is 26.2 Å². The Kier molecular flexibility index (Phi) is 3.82. The highest BCUT2D eigenvalue weighted by atomic mass is 79.9. The van der Waals surface area contributed by atoms with Crippen LogP contribution in [-0.4, -0.2) is 10.9 Å². The van der Waals surface area contributed by atoms with Gasteiger partial charge in [-0.15, -0.1) is 11.3 Å². The quantitative estimate of drug-likeness (QED) is 0.904. The van der Waals surface area contributed by atoms with Crippen molar-refractivity contribution in [2.45, 2.75) is 20.8 Å². The average Bonchev–Trinajstić information content (AvgIpc) is 2.61. The minimum Gasteiger partial charge on any atom is -0.298 e. The molecule has 0 fully saturated rings. The Morgan fingerprint density at radius 2 is 2.06 bits per heavy atom. The van der Waals surface area contributed by atoms with Crippen LogP contribution < -0.4 is 5.32 Å². The van der Waals surface area contributed by atoms with Gasteiger partial charge in [-0.05, 0) is 38.5 Å². The van der Waals surface area contributed by atoms with Crippen molar-refractivity contribution in [2.24, 2.45) is 0 Å². The van der Waals surface area contributed by atoms with E-state index >= 15 is 0 Å². The Balaban J connectivity index is 2.24. The lowest BCUT2D eigenvalue weighted by atomic mass is 10.1. The third-order valence-electron chi connectivity index (χ3n) is 2.69. The Hall–Kier alpha value is -1.20. The highest BCUT2D eigenvalue weighted by molar-refractivity contribution is 9.10. The molecule has 1 N–H and O–H groups in total. The zero-order valence-electron chi connectivity index (χ0n) is 10.4. The second-order valence-corrected chi connectivity index (χ2v) is 6.19. The number of rotatable bonds is 2. The zero-order chi connectivity index (χ0) is 13.3. The third-order valence-corrected chi connectivity index (χ3v) is 4.17. The number of amides is 1. The van der Waals surface area contributed by atoms with Crippen LogP contribution in [0.5, 0.6) is 0 Å². The van der Waals surface area contributed by atoms with Crippen LogP contribution in [0, 0.1) is 20.8 Å². The van der Waals surface area contributed by atoms with Crippen LogP contribution in [0.15, 0.2) is 22.7 Å². The molecule has 0 aliphatic rings. The van der Waals surface area contributed by atoms with Crippen molar-refractivity contribution in [1.29, 1.82) is 0 Å². The number of thiazole rings is 1. The maximum Gasteiger partial charge on any atom is 0.257 e. The monoisotopic (exact) mass is 324 g/mol. The van der Waals surface area contributed by atoms with Crippen LogP contribution in [0.1, 0.15) is 26.5 Å². The molecule has 0 saturated carbocycles. The van der Waals surface area contributed by atoms with Gasteiger partial charge in [-0.25, -0.2) is 4.98 Å². The lowest BCUT2D eigenvalue weighted by molar-refractivity contribution is 0.102. The summed E-state index contributed by atoms with van der Waals surface area (Å²) < 4.78 is 0.893. The van der Waals surface area contributed by atoms with Crippen LogP contribution in [0.4, 0.5) is 5.13 Å². The maximum absolute atomic E-state index is 12.1. The number of carbonyl (C=O) groups excluding carboxylic acids is 1. The number of hydrogen-bond acceptors (Lipinski definition) is 3. The normalized spacial score (nSPS) is 10.4. The zero-order valence-corrected chi connectivity index (χ0v) is 12.8. The molecule has 1 aromatic carbocycles. The molecule has 0 aliphatic heterocycles. The molecule has 1 aromatic heterocycles. The van der Waals surface area contributed by atoms with E-state index in [1.54, 1.807) is 0 Å². The van der Waals surface area contributed by atoms with E-state index in [1.165, 1.54) is 11.3 Å². The van der Waals surface area contributed by atoms with Gasteiger partial charge in [-0.2, -0.15) is 0 Å². The minimum absolute atomic E-state index is 0.123. The van der Waals surface area contributed by atoms with Crippen molar-refractivity contribution >= 4 is 38.3 Å². The molecule has 18 heavy (non-hydrogen) atoms. The number of halogens is 1. The highest BCUT2D eigenvalue weighted by Gasteiger charge is 2.12. The van der Waals surface area contributed by atoms with Crippen molar-refractivity contribution in [1.82, 2.24) is 4.98 Å². The van der Waals surface area contributed by atoms with Gasteiger partial charge >= 0.3 is 0 Å². The molecule has 0 radical (unpaired) electrons. The first-order valence-electron chi connectivity index (χ1n) is 5.49. The lowest BCUT2D eigenvalue weighted by Crippen LogP contribution is -2.13. The number of aromatic nitrogens is 1. The molecule has 1 amide bonds. The fraction of sp³-hybridized carbons (Fsp3) is 0.231. The van der Waals surface area contributed by atoms with Gasteiger partial charge in [0.15, 0.2) is 5.13 Å². The van der Waals surface area contributed by atoms with E-state index < -0.39 is 0 Å². The molecule has 3 nitrogen and oxygen atoms in total. The highest BCUT2D eigenvalue weighted by Crippen LogP contribution is 2.23. The topological polar surface area (TPSA) is 42.0 Å². The molecular formula is C13H13BrN2OS. The van der Waals surface area contributed by atoms with Crippen LogP contribution >= 0.6 is 27.3 Å². The molecule has 94 valence electrons. The number of benzene rings is 1. The smallest absolute Gasteiger partial charge is 0.257 e. The molecule has 0 spiro atoms. The largest absolute Gasteiger partial charge is 0.298 e. The number of anilines is 1. The van der Waals surface area contributed by atoms with Gasteiger partial charge in [0.25, 0.3) is 5.91 Å². The lowest BCUT2D eigenvalue weighted by Gasteiger charge is -2.05. The molecule has 0 atom stereocenters. The van der Waals surface area contributed by atoms with E-state index in [4.69, 9.17) is 0 Å². The number of hydrogen-bond donors (Lipinski definition) is 1. The van der Waals surface area contributed by atoms with Gasteiger partial charge < -0.3 is 0 Å². The van der Waals surface area contributed by atoms with Gasteiger partial charge in [-0.3, -0.25) is 10.1 Å². The summed E-state index contributed by atoms with van der Waals surface area (Å²) in [7, 11) is 0. The summed E-state index contributed by atoms with van der Waals surface area (Å²) in [5.74, 6) is -0.123. The van der Waals surface area contributed by atoms with Gasteiger partial charge in [0.2, 0.25) is 0 Å². The molecule has 0 unspecified atom stereocenters. The molecule has 2 rings (SSSR count). The summed E-state index contributed by atoms with van der Waals surface area (Å²) in [6.45, 7) is 5.85. The summed E-state index contributed by atoms with van der Waals surface area (Å²) in [5, 5.41) is 3.48. The summed E-state index contributed by atoms with van der Waals surface area (Å²) >= 11 is 4.87. The van der Waals surface area contributed by atoms with Crippen LogP contribution in [-0.2, 0) is 0 Å². The molecular weight excluding hydrogens is 312 g/mol. The van der Waals surface area contributed by atoms with Gasteiger partial charge in [0.1, 0.15) is 0 Å². The first-order valence-corrected chi connectivity index (χ1v) is 7.10. The van der Waals surface area contributed by atoms with Crippen molar-refractivity contribution < 1.29 is 4.79 Å². The number of nitrogens with zero attached hydrogens (tertiary/aromatic N) is 1. The maximum atomic E-state index is 12.1. The first kappa shape index (κ1) is 13.2. The average molecular weight is 325 g/mol. The Morgan fingerprint density at radius 1 is 1.33 bits per heavy atom. The standard InChI is InChI=1S/C13H13BrN2OS/c1-7-4-5-10(14)6-11(7)12(17)16-13-15-8(2)9(3)18-13/h4-6H,1-3H3,(H,15,16,17). The number of nitrogens with one attached hydrogen (secondary N) is 1. The summed E-state index contributed by atoms with van der Waals surface area (Å²) in [6, 6.07) is 5.65. The van der Waals surface area contributed by atoms with Gasteiger partial charge in [0.05, 0.1) is 5.69 Å².